The lowest BCUT2D eigenvalue weighted by atomic mass is 9.91. The molecule has 0 spiro atoms. The Morgan fingerprint density at radius 1 is 1.23 bits per heavy atom. The van der Waals surface area contributed by atoms with Gasteiger partial charge in [0.25, 0.3) is 0 Å². The number of benzene rings is 1. The molecule has 0 atom stereocenters. The lowest BCUT2D eigenvalue weighted by Gasteiger charge is -2.29. The first-order chi connectivity index (χ1) is 6.45. The summed E-state index contributed by atoms with van der Waals surface area (Å²) in [5.41, 5.74) is 4.45. The topological polar surface area (TPSA) is 24.1 Å². The molecule has 68 valence electrons. The number of anilines is 1. The summed E-state index contributed by atoms with van der Waals surface area (Å²) in [4.78, 5) is 0. The van der Waals surface area contributed by atoms with Gasteiger partial charge in [-0.15, -0.1) is 0 Å². The molecule has 1 fully saturated rings. The third-order valence-electron chi connectivity index (χ3n) is 3.10. The maximum Gasteiger partial charge on any atom is 0.0409 e. The number of rotatable bonds is 1. The molecular formula is C11H14N2. The van der Waals surface area contributed by atoms with E-state index >= 15 is 0 Å². The standard InChI is InChI=1S/C11H14N2/c1-2-8-4-5-13-11(8)10(3-1)9-6-12-7-9/h1-3,9,12-13H,4-7H2. The number of nitrogens with one attached hydrogen (secondary N) is 2. The van der Waals surface area contributed by atoms with Crippen LogP contribution >= 0.6 is 0 Å². The zero-order valence-corrected chi connectivity index (χ0v) is 7.64. The van der Waals surface area contributed by atoms with Crippen molar-refractivity contribution < 1.29 is 0 Å². The molecule has 2 heteroatoms. The highest BCUT2D eigenvalue weighted by atomic mass is 15.0. The second kappa shape index (κ2) is 2.74. The van der Waals surface area contributed by atoms with Crippen molar-refractivity contribution in [2.45, 2.75) is 12.3 Å². The van der Waals surface area contributed by atoms with Gasteiger partial charge in [-0.05, 0) is 17.5 Å². The summed E-state index contributed by atoms with van der Waals surface area (Å²) in [5.74, 6) is 0.751. The van der Waals surface area contributed by atoms with Gasteiger partial charge in [0.1, 0.15) is 0 Å². The van der Waals surface area contributed by atoms with Crippen LogP contribution in [0.5, 0.6) is 0 Å². The minimum Gasteiger partial charge on any atom is -0.384 e. The fourth-order valence-corrected chi connectivity index (χ4v) is 2.21. The van der Waals surface area contributed by atoms with Crippen LogP contribution in [0.4, 0.5) is 5.69 Å². The molecule has 0 saturated carbocycles. The maximum atomic E-state index is 3.49. The summed E-state index contributed by atoms with van der Waals surface area (Å²) in [6, 6.07) is 6.70. The van der Waals surface area contributed by atoms with Gasteiger partial charge in [-0.2, -0.15) is 0 Å². The van der Waals surface area contributed by atoms with E-state index in [4.69, 9.17) is 0 Å². The van der Waals surface area contributed by atoms with Crippen molar-refractivity contribution in [2.24, 2.45) is 0 Å². The minimum absolute atomic E-state index is 0.751. The summed E-state index contributed by atoms with van der Waals surface area (Å²) >= 11 is 0. The SMILES string of the molecule is c1cc2c(c(C3CNC3)c1)NCC2. The van der Waals surface area contributed by atoms with E-state index in [-0.39, 0.29) is 0 Å². The Morgan fingerprint density at radius 3 is 2.92 bits per heavy atom. The Bertz CT molecular complexity index is 329. The van der Waals surface area contributed by atoms with Gasteiger partial charge in [0, 0.05) is 31.2 Å². The predicted octanol–water partition coefficient (Wildman–Crippen LogP) is 1.34. The monoisotopic (exact) mass is 174 g/mol. The van der Waals surface area contributed by atoms with E-state index in [1.165, 1.54) is 23.2 Å². The van der Waals surface area contributed by atoms with Gasteiger partial charge in [0.05, 0.1) is 0 Å². The van der Waals surface area contributed by atoms with E-state index < -0.39 is 0 Å². The molecule has 3 rings (SSSR count). The Labute approximate surface area is 78.3 Å². The molecule has 1 aromatic carbocycles. The van der Waals surface area contributed by atoms with Crippen LogP contribution in [0.1, 0.15) is 17.0 Å². The van der Waals surface area contributed by atoms with Gasteiger partial charge >= 0.3 is 0 Å². The molecule has 0 unspecified atom stereocenters. The van der Waals surface area contributed by atoms with Crippen molar-refractivity contribution in [3.63, 3.8) is 0 Å². The largest absolute Gasteiger partial charge is 0.384 e. The number of fused-ring (bicyclic) bond motifs is 1. The fourth-order valence-electron chi connectivity index (χ4n) is 2.21. The van der Waals surface area contributed by atoms with E-state index in [0.29, 0.717) is 0 Å². The van der Waals surface area contributed by atoms with Crippen LogP contribution in [0.15, 0.2) is 18.2 Å². The number of hydrogen-bond acceptors (Lipinski definition) is 2. The smallest absolute Gasteiger partial charge is 0.0409 e. The average molecular weight is 174 g/mol. The molecule has 2 nitrogen and oxygen atoms in total. The first-order valence-electron chi connectivity index (χ1n) is 5.01. The molecule has 2 aliphatic rings. The fraction of sp³-hybridized carbons (Fsp3) is 0.455. The van der Waals surface area contributed by atoms with Crippen LogP contribution in [-0.2, 0) is 6.42 Å². The molecule has 2 aliphatic heterocycles. The maximum absolute atomic E-state index is 3.49. The summed E-state index contributed by atoms with van der Waals surface area (Å²) in [7, 11) is 0. The third kappa shape index (κ3) is 1.05. The molecule has 0 bridgehead atoms. The van der Waals surface area contributed by atoms with Gasteiger partial charge in [-0.1, -0.05) is 18.2 Å². The zero-order chi connectivity index (χ0) is 8.67. The average Bonchev–Trinajstić information content (AvgIpc) is 2.49. The van der Waals surface area contributed by atoms with Crippen molar-refractivity contribution in [1.29, 1.82) is 0 Å². The molecule has 0 radical (unpaired) electrons. The summed E-state index contributed by atoms with van der Waals surface area (Å²) in [6.07, 6.45) is 1.20. The van der Waals surface area contributed by atoms with Gasteiger partial charge in [0.2, 0.25) is 0 Å². The Morgan fingerprint density at radius 2 is 2.15 bits per heavy atom. The highest BCUT2D eigenvalue weighted by molar-refractivity contribution is 5.62. The van der Waals surface area contributed by atoms with Crippen molar-refractivity contribution in [1.82, 2.24) is 5.32 Å². The van der Waals surface area contributed by atoms with Crippen LogP contribution in [0.2, 0.25) is 0 Å². The van der Waals surface area contributed by atoms with E-state index in [9.17, 15) is 0 Å². The lowest BCUT2D eigenvalue weighted by Crippen LogP contribution is -2.40. The van der Waals surface area contributed by atoms with Gasteiger partial charge in [0.15, 0.2) is 0 Å². The molecule has 2 N–H and O–H groups in total. The van der Waals surface area contributed by atoms with Crippen LogP contribution < -0.4 is 10.6 Å². The number of hydrogen-bond donors (Lipinski definition) is 2. The lowest BCUT2D eigenvalue weighted by molar-refractivity contribution is 0.449. The molecule has 1 saturated heterocycles. The van der Waals surface area contributed by atoms with E-state index in [1.54, 1.807) is 0 Å². The van der Waals surface area contributed by atoms with Gasteiger partial charge in [-0.25, -0.2) is 0 Å². The third-order valence-corrected chi connectivity index (χ3v) is 3.10. The molecule has 2 heterocycles. The summed E-state index contributed by atoms with van der Waals surface area (Å²) < 4.78 is 0. The summed E-state index contributed by atoms with van der Waals surface area (Å²) in [5, 5.41) is 6.81. The van der Waals surface area contributed by atoms with Crippen molar-refractivity contribution in [3.05, 3.63) is 29.3 Å². The van der Waals surface area contributed by atoms with Gasteiger partial charge < -0.3 is 10.6 Å². The van der Waals surface area contributed by atoms with Crippen molar-refractivity contribution >= 4 is 5.69 Å². The van der Waals surface area contributed by atoms with Crippen LogP contribution in [0, 0.1) is 0 Å². The molecule has 1 aromatic rings. The highest BCUT2D eigenvalue weighted by Crippen LogP contribution is 2.33. The first-order valence-corrected chi connectivity index (χ1v) is 5.01. The zero-order valence-electron chi connectivity index (χ0n) is 7.64. The van der Waals surface area contributed by atoms with E-state index in [1.807, 2.05) is 0 Å². The molecule has 13 heavy (non-hydrogen) atoms. The minimum atomic E-state index is 0.751. The Balaban J connectivity index is 2.04. The van der Waals surface area contributed by atoms with Gasteiger partial charge in [-0.3, -0.25) is 0 Å². The first kappa shape index (κ1) is 7.39. The van der Waals surface area contributed by atoms with Crippen LogP contribution in [0.3, 0.4) is 0 Å². The molecule has 0 aromatic heterocycles. The second-order valence-corrected chi connectivity index (χ2v) is 3.91. The quantitative estimate of drug-likeness (QED) is 0.671. The predicted molar refractivity (Wildman–Crippen MR) is 54.2 cm³/mol. The van der Waals surface area contributed by atoms with Crippen LogP contribution in [-0.4, -0.2) is 19.6 Å². The van der Waals surface area contributed by atoms with E-state index in [0.717, 1.165) is 25.6 Å². The number of para-hydroxylation sites is 1. The Kier molecular flexibility index (Phi) is 1.56. The molecule has 0 aliphatic carbocycles. The Hall–Kier alpha value is -1.02. The second-order valence-electron chi connectivity index (χ2n) is 3.91. The van der Waals surface area contributed by atoms with Crippen molar-refractivity contribution in [2.75, 3.05) is 25.0 Å². The highest BCUT2D eigenvalue weighted by Gasteiger charge is 2.24. The summed E-state index contributed by atoms with van der Waals surface area (Å²) in [6.45, 7) is 3.42. The van der Waals surface area contributed by atoms with Crippen molar-refractivity contribution in [3.8, 4) is 0 Å². The van der Waals surface area contributed by atoms with E-state index in [2.05, 4.69) is 28.8 Å². The molecule has 0 amide bonds. The normalized spacial score (nSPS) is 20.6. The van der Waals surface area contributed by atoms with Crippen LogP contribution in [0.25, 0.3) is 0 Å². The molecular weight excluding hydrogens is 160 g/mol.